The molecule has 3 N–H and O–H groups in total. The van der Waals surface area contributed by atoms with Crippen LogP contribution in [-0.2, 0) is 13.1 Å². The van der Waals surface area contributed by atoms with Gasteiger partial charge in [-0.1, -0.05) is 30.3 Å². The van der Waals surface area contributed by atoms with Crippen molar-refractivity contribution in [2.24, 2.45) is 5.73 Å². The number of halogens is 2. The molecular formula is C15H22Cl2N4OS. The zero-order chi connectivity index (χ0) is 15.1. The molecule has 0 aliphatic rings. The highest BCUT2D eigenvalue weighted by Gasteiger charge is 2.09. The Balaban J connectivity index is 0.00000242. The number of rotatable bonds is 7. The maximum atomic E-state index is 11.9. The van der Waals surface area contributed by atoms with Gasteiger partial charge in [-0.25, -0.2) is 4.98 Å². The van der Waals surface area contributed by atoms with Gasteiger partial charge in [0.05, 0.1) is 0 Å². The highest BCUT2D eigenvalue weighted by molar-refractivity contribution is 7.09. The number of hydrogen-bond donors (Lipinski definition) is 2. The minimum atomic E-state index is -0.140. The smallest absolute Gasteiger partial charge is 0.270 e. The maximum absolute atomic E-state index is 11.9. The first-order valence-electron chi connectivity index (χ1n) is 6.84. The average molecular weight is 377 g/mol. The lowest BCUT2D eigenvalue weighted by atomic mass is 10.2. The number of hydrogen-bond acceptors (Lipinski definition) is 5. The molecule has 0 bridgehead atoms. The molecule has 0 saturated heterocycles. The molecule has 0 unspecified atom stereocenters. The molecule has 0 saturated carbocycles. The van der Waals surface area contributed by atoms with E-state index in [4.69, 9.17) is 5.73 Å². The van der Waals surface area contributed by atoms with Gasteiger partial charge >= 0.3 is 0 Å². The molecule has 2 rings (SSSR count). The molecule has 1 heterocycles. The first-order valence-corrected chi connectivity index (χ1v) is 7.72. The third-order valence-electron chi connectivity index (χ3n) is 3.03. The van der Waals surface area contributed by atoms with Gasteiger partial charge < -0.3 is 16.0 Å². The lowest BCUT2D eigenvalue weighted by Gasteiger charge is -2.16. The number of likely N-dealkylation sites (N-methyl/N-ethyl adjacent to an activating group) is 1. The Hall–Kier alpha value is -1.18. The van der Waals surface area contributed by atoms with E-state index in [1.54, 1.807) is 5.38 Å². The Labute approximate surface area is 153 Å². The maximum Gasteiger partial charge on any atom is 0.270 e. The van der Waals surface area contributed by atoms with Crippen molar-refractivity contribution in [2.45, 2.75) is 13.1 Å². The molecule has 0 radical (unpaired) electrons. The summed E-state index contributed by atoms with van der Waals surface area (Å²) in [5.74, 6) is -0.140. The van der Waals surface area contributed by atoms with Gasteiger partial charge in [-0.3, -0.25) is 4.79 Å². The van der Waals surface area contributed by atoms with E-state index < -0.39 is 0 Å². The summed E-state index contributed by atoms with van der Waals surface area (Å²) in [6, 6.07) is 10.3. The summed E-state index contributed by atoms with van der Waals surface area (Å²) in [5, 5.41) is 5.40. The number of thiazole rings is 1. The molecule has 128 valence electrons. The van der Waals surface area contributed by atoms with Crippen LogP contribution in [0.4, 0.5) is 0 Å². The van der Waals surface area contributed by atoms with Crippen LogP contribution in [0.1, 0.15) is 21.1 Å². The van der Waals surface area contributed by atoms with Crippen LogP contribution < -0.4 is 11.1 Å². The number of carbonyl (C=O) groups is 1. The standard InChI is InChI=1S/C15H20N4OS.2ClH/c1-19(10-12-5-3-2-4-6-12)8-7-17-15(20)13-11-21-14(9-16)18-13;;/h2-6,11H,7-10,16H2,1H3,(H,17,20);2*1H. The van der Waals surface area contributed by atoms with Gasteiger partial charge in [0.2, 0.25) is 0 Å². The number of benzene rings is 1. The summed E-state index contributed by atoms with van der Waals surface area (Å²) in [6.07, 6.45) is 0. The Morgan fingerprint density at radius 3 is 2.61 bits per heavy atom. The second kappa shape index (κ2) is 11.4. The third kappa shape index (κ3) is 7.28. The zero-order valence-corrected chi connectivity index (χ0v) is 15.3. The van der Waals surface area contributed by atoms with E-state index in [0.29, 0.717) is 18.8 Å². The molecule has 8 heteroatoms. The van der Waals surface area contributed by atoms with Crippen LogP contribution >= 0.6 is 36.2 Å². The normalized spacial score (nSPS) is 9.87. The largest absolute Gasteiger partial charge is 0.349 e. The van der Waals surface area contributed by atoms with E-state index in [1.165, 1.54) is 16.9 Å². The average Bonchev–Trinajstić information content (AvgIpc) is 2.97. The van der Waals surface area contributed by atoms with Gasteiger partial charge in [0.25, 0.3) is 5.91 Å². The van der Waals surface area contributed by atoms with Crippen LogP contribution in [0.25, 0.3) is 0 Å². The van der Waals surface area contributed by atoms with Crippen molar-refractivity contribution in [3.8, 4) is 0 Å². The topological polar surface area (TPSA) is 71.2 Å². The first-order chi connectivity index (χ1) is 10.2. The van der Waals surface area contributed by atoms with Crippen LogP contribution in [0.5, 0.6) is 0 Å². The first kappa shape index (κ1) is 21.8. The minimum absolute atomic E-state index is 0. The van der Waals surface area contributed by atoms with Crippen molar-refractivity contribution >= 4 is 42.1 Å². The Kier molecular flexibility index (Phi) is 10.8. The number of nitrogens with one attached hydrogen (secondary N) is 1. The zero-order valence-electron chi connectivity index (χ0n) is 12.9. The van der Waals surface area contributed by atoms with Crippen molar-refractivity contribution < 1.29 is 4.79 Å². The van der Waals surface area contributed by atoms with Gasteiger partial charge in [0.15, 0.2) is 0 Å². The monoisotopic (exact) mass is 376 g/mol. The summed E-state index contributed by atoms with van der Waals surface area (Å²) in [5.41, 5.74) is 7.20. The summed E-state index contributed by atoms with van der Waals surface area (Å²) < 4.78 is 0. The molecule has 0 spiro atoms. The predicted molar refractivity (Wildman–Crippen MR) is 99.6 cm³/mol. The molecule has 1 aromatic heterocycles. The third-order valence-corrected chi connectivity index (χ3v) is 3.90. The molecule has 0 aliphatic carbocycles. The lowest BCUT2D eigenvalue weighted by Crippen LogP contribution is -2.32. The van der Waals surface area contributed by atoms with E-state index in [2.05, 4.69) is 27.3 Å². The number of carbonyl (C=O) groups excluding carboxylic acids is 1. The van der Waals surface area contributed by atoms with Crippen LogP contribution in [0, 0.1) is 0 Å². The van der Waals surface area contributed by atoms with Crippen molar-refractivity contribution in [3.05, 3.63) is 52.0 Å². The quantitative estimate of drug-likeness (QED) is 0.777. The molecule has 0 aliphatic heterocycles. The van der Waals surface area contributed by atoms with Crippen LogP contribution in [0.2, 0.25) is 0 Å². The Morgan fingerprint density at radius 1 is 1.30 bits per heavy atom. The fraction of sp³-hybridized carbons (Fsp3) is 0.333. The fourth-order valence-corrected chi connectivity index (χ4v) is 2.59. The van der Waals surface area contributed by atoms with Gasteiger partial charge in [0.1, 0.15) is 10.7 Å². The minimum Gasteiger partial charge on any atom is -0.349 e. The van der Waals surface area contributed by atoms with E-state index in [1.807, 2.05) is 25.2 Å². The van der Waals surface area contributed by atoms with E-state index in [0.717, 1.165) is 18.1 Å². The lowest BCUT2D eigenvalue weighted by molar-refractivity contribution is 0.0945. The number of amides is 1. The van der Waals surface area contributed by atoms with E-state index in [9.17, 15) is 4.79 Å². The van der Waals surface area contributed by atoms with Crippen molar-refractivity contribution in [1.82, 2.24) is 15.2 Å². The number of aromatic nitrogens is 1. The summed E-state index contributed by atoms with van der Waals surface area (Å²) in [7, 11) is 2.04. The number of nitrogens with zero attached hydrogens (tertiary/aromatic N) is 2. The summed E-state index contributed by atoms with van der Waals surface area (Å²) in [6.45, 7) is 2.62. The highest BCUT2D eigenvalue weighted by Crippen LogP contribution is 2.08. The van der Waals surface area contributed by atoms with Crippen LogP contribution in [0.3, 0.4) is 0 Å². The molecule has 2 aromatic rings. The van der Waals surface area contributed by atoms with Gasteiger partial charge in [-0.15, -0.1) is 36.2 Å². The van der Waals surface area contributed by atoms with Gasteiger partial charge in [-0.05, 0) is 12.6 Å². The van der Waals surface area contributed by atoms with Crippen molar-refractivity contribution in [3.63, 3.8) is 0 Å². The van der Waals surface area contributed by atoms with Gasteiger partial charge in [0, 0.05) is 31.6 Å². The van der Waals surface area contributed by atoms with Crippen LogP contribution in [-0.4, -0.2) is 35.9 Å². The van der Waals surface area contributed by atoms with E-state index in [-0.39, 0.29) is 30.7 Å². The summed E-state index contributed by atoms with van der Waals surface area (Å²) in [4.78, 5) is 18.2. The Bertz CT molecular complexity index is 580. The second-order valence-electron chi connectivity index (χ2n) is 4.81. The molecular weight excluding hydrogens is 355 g/mol. The SMILES string of the molecule is CN(CCNC(=O)c1csc(CN)n1)Cc1ccccc1.Cl.Cl. The molecule has 0 fully saturated rings. The predicted octanol–water partition coefficient (Wildman–Crippen LogP) is 2.31. The van der Waals surface area contributed by atoms with Crippen molar-refractivity contribution in [2.75, 3.05) is 20.1 Å². The fourth-order valence-electron chi connectivity index (χ4n) is 1.93. The molecule has 1 amide bonds. The number of nitrogens with two attached hydrogens (primary N) is 1. The second-order valence-corrected chi connectivity index (χ2v) is 5.75. The van der Waals surface area contributed by atoms with Gasteiger partial charge in [-0.2, -0.15) is 0 Å². The van der Waals surface area contributed by atoms with Crippen LogP contribution in [0.15, 0.2) is 35.7 Å². The molecule has 5 nitrogen and oxygen atoms in total. The molecule has 0 atom stereocenters. The van der Waals surface area contributed by atoms with Crippen molar-refractivity contribution in [1.29, 1.82) is 0 Å². The molecule has 23 heavy (non-hydrogen) atoms. The summed E-state index contributed by atoms with van der Waals surface area (Å²) >= 11 is 1.41. The van der Waals surface area contributed by atoms with E-state index >= 15 is 0 Å². The molecule has 1 aromatic carbocycles. The Morgan fingerprint density at radius 2 is 2.00 bits per heavy atom. The highest BCUT2D eigenvalue weighted by atomic mass is 35.5.